The van der Waals surface area contributed by atoms with Gasteiger partial charge < -0.3 is 9.72 Å². The first kappa shape index (κ1) is 9.90. The van der Waals surface area contributed by atoms with Crippen molar-refractivity contribution in [2.75, 3.05) is 0 Å². The molecule has 0 spiro atoms. The molecule has 1 rings (SSSR count). The molecule has 0 saturated heterocycles. The van der Waals surface area contributed by atoms with Crippen molar-refractivity contribution in [2.24, 2.45) is 0 Å². The monoisotopic (exact) mass is 198 g/mol. The summed E-state index contributed by atoms with van der Waals surface area (Å²) >= 11 is 0. The van der Waals surface area contributed by atoms with Crippen LogP contribution in [0, 0.1) is 10.1 Å². The van der Waals surface area contributed by atoms with Crippen LogP contribution in [0.4, 0.5) is 5.69 Å². The van der Waals surface area contributed by atoms with E-state index in [1.807, 2.05) is 0 Å². The highest BCUT2D eigenvalue weighted by molar-refractivity contribution is 5.70. The molecule has 74 valence electrons. The minimum absolute atomic E-state index is 0.355. The van der Waals surface area contributed by atoms with E-state index in [-0.39, 0.29) is 5.75 Å². The number of pyridine rings is 1. The summed E-state index contributed by atoms with van der Waals surface area (Å²) in [5, 5.41) is 10.4. The lowest BCUT2D eigenvalue weighted by Crippen LogP contribution is -2.14. The average Bonchev–Trinajstić information content (AvgIpc) is 2.01. The molecule has 0 bridgehead atoms. The van der Waals surface area contributed by atoms with Crippen molar-refractivity contribution in [3.05, 3.63) is 32.7 Å². The quantitative estimate of drug-likeness (QED) is 0.415. The van der Waals surface area contributed by atoms with E-state index in [1.54, 1.807) is 0 Å². The summed E-state index contributed by atoms with van der Waals surface area (Å²) in [5.74, 6) is -1.08. The number of nitrogens with zero attached hydrogens (tertiary/aromatic N) is 1. The van der Waals surface area contributed by atoms with Gasteiger partial charge in [-0.3, -0.25) is 19.7 Å². The fourth-order valence-corrected chi connectivity index (χ4v) is 0.862. The number of carbonyl (C=O) groups excluding carboxylic acids is 1. The highest BCUT2D eigenvalue weighted by atomic mass is 16.6. The standard InChI is InChI=1S/C7H6N2O5/c1-4(10)14-5-2-3-8-7(11)6(5)9(12)13/h2-3H,1H3,(H,8,11). The lowest BCUT2D eigenvalue weighted by Gasteiger charge is -1.99. The second-order valence-corrected chi connectivity index (χ2v) is 2.37. The summed E-state index contributed by atoms with van der Waals surface area (Å²) in [5.41, 5.74) is -1.68. The highest BCUT2D eigenvalue weighted by Crippen LogP contribution is 2.20. The predicted octanol–water partition coefficient (Wildman–Crippen LogP) is 0.208. The smallest absolute Gasteiger partial charge is 0.375 e. The Morgan fingerprint density at radius 3 is 2.79 bits per heavy atom. The largest absolute Gasteiger partial charge is 0.419 e. The third-order valence-electron chi connectivity index (χ3n) is 1.33. The van der Waals surface area contributed by atoms with E-state index in [0.29, 0.717) is 0 Å². The van der Waals surface area contributed by atoms with Crippen molar-refractivity contribution in [2.45, 2.75) is 6.92 Å². The number of hydrogen-bond acceptors (Lipinski definition) is 5. The van der Waals surface area contributed by atoms with Crippen LogP contribution < -0.4 is 10.3 Å². The van der Waals surface area contributed by atoms with Gasteiger partial charge in [0, 0.05) is 19.2 Å². The number of H-pyrrole nitrogens is 1. The minimum atomic E-state index is -0.909. The first-order valence-corrected chi connectivity index (χ1v) is 3.57. The Morgan fingerprint density at radius 2 is 2.29 bits per heavy atom. The van der Waals surface area contributed by atoms with Gasteiger partial charge in [0.1, 0.15) is 0 Å². The van der Waals surface area contributed by atoms with Crippen LogP contribution in [0.15, 0.2) is 17.1 Å². The van der Waals surface area contributed by atoms with Gasteiger partial charge in [-0.05, 0) is 0 Å². The molecule has 0 aliphatic carbocycles. The third kappa shape index (κ3) is 1.94. The molecular weight excluding hydrogens is 192 g/mol. The van der Waals surface area contributed by atoms with Gasteiger partial charge in [0.25, 0.3) is 0 Å². The van der Waals surface area contributed by atoms with Gasteiger partial charge in [-0.25, -0.2) is 0 Å². The fraction of sp³-hybridized carbons (Fsp3) is 0.143. The summed E-state index contributed by atoms with van der Waals surface area (Å²) < 4.78 is 4.49. The van der Waals surface area contributed by atoms with Crippen LogP contribution in [0.2, 0.25) is 0 Å². The molecule has 1 N–H and O–H groups in total. The normalized spacial score (nSPS) is 9.50. The molecule has 0 saturated carbocycles. The lowest BCUT2D eigenvalue weighted by molar-refractivity contribution is -0.387. The van der Waals surface area contributed by atoms with E-state index < -0.39 is 22.1 Å². The molecule has 0 aromatic carbocycles. The maximum absolute atomic E-state index is 11.0. The summed E-state index contributed by atoms with van der Waals surface area (Å²) in [6.45, 7) is 1.09. The van der Waals surface area contributed by atoms with E-state index >= 15 is 0 Å². The third-order valence-corrected chi connectivity index (χ3v) is 1.33. The second kappa shape index (κ2) is 3.69. The molecule has 0 fully saturated rings. The average molecular weight is 198 g/mol. The van der Waals surface area contributed by atoms with Crippen molar-refractivity contribution >= 4 is 11.7 Å². The summed E-state index contributed by atoms with van der Waals surface area (Å²) in [6.07, 6.45) is 1.16. The molecular formula is C7H6N2O5. The van der Waals surface area contributed by atoms with Crippen LogP contribution in [-0.2, 0) is 4.79 Å². The SMILES string of the molecule is CC(=O)Oc1cc[nH]c(=O)c1[N+](=O)[O-]. The first-order valence-electron chi connectivity index (χ1n) is 3.57. The summed E-state index contributed by atoms with van der Waals surface area (Å²) in [7, 11) is 0. The molecule has 0 radical (unpaired) electrons. The van der Waals surface area contributed by atoms with Gasteiger partial charge in [-0.1, -0.05) is 0 Å². The van der Waals surface area contributed by atoms with Crippen LogP contribution in [0.3, 0.4) is 0 Å². The number of hydrogen-bond donors (Lipinski definition) is 1. The molecule has 14 heavy (non-hydrogen) atoms. The molecule has 0 atom stereocenters. The number of nitrogens with one attached hydrogen (secondary N) is 1. The molecule has 0 aliphatic rings. The highest BCUT2D eigenvalue weighted by Gasteiger charge is 2.21. The zero-order valence-electron chi connectivity index (χ0n) is 7.14. The van der Waals surface area contributed by atoms with Crippen LogP contribution in [0.25, 0.3) is 0 Å². The van der Waals surface area contributed by atoms with Crippen molar-refractivity contribution < 1.29 is 14.5 Å². The first-order chi connectivity index (χ1) is 6.52. The molecule has 7 heteroatoms. The van der Waals surface area contributed by atoms with Gasteiger partial charge in [-0.2, -0.15) is 0 Å². The maximum atomic E-state index is 11.0. The van der Waals surface area contributed by atoms with E-state index in [0.717, 1.165) is 19.2 Å². The van der Waals surface area contributed by atoms with Crippen LogP contribution in [0.1, 0.15) is 6.92 Å². The number of aromatic amines is 1. The van der Waals surface area contributed by atoms with Crippen LogP contribution in [-0.4, -0.2) is 15.9 Å². The number of ether oxygens (including phenoxy) is 1. The Bertz CT molecular complexity index is 436. The number of carbonyl (C=O) groups is 1. The van der Waals surface area contributed by atoms with Gasteiger partial charge in [0.2, 0.25) is 5.75 Å². The lowest BCUT2D eigenvalue weighted by atomic mass is 10.4. The van der Waals surface area contributed by atoms with E-state index in [4.69, 9.17) is 0 Å². The zero-order chi connectivity index (χ0) is 10.7. The maximum Gasteiger partial charge on any atom is 0.375 e. The number of rotatable bonds is 2. The Kier molecular flexibility index (Phi) is 2.61. The predicted molar refractivity (Wildman–Crippen MR) is 45.0 cm³/mol. The number of aromatic nitrogens is 1. The summed E-state index contributed by atoms with van der Waals surface area (Å²) in [6, 6.07) is 1.14. The molecule has 0 unspecified atom stereocenters. The van der Waals surface area contributed by atoms with Crippen molar-refractivity contribution in [1.29, 1.82) is 0 Å². The molecule has 7 nitrogen and oxygen atoms in total. The Labute approximate surface area is 77.5 Å². The molecule has 0 amide bonds. The number of esters is 1. The number of nitro groups is 1. The van der Waals surface area contributed by atoms with Crippen LogP contribution >= 0.6 is 0 Å². The van der Waals surface area contributed by atoms with Gasteiger partial charge in [0.15, 0.2) is 0 Å². The molecule has 1 aromatic rings. The Hall–Kier alpha value is -2.18. The topological polar surface area (TPSA) is 102 Å². The second-order valence-electron chi connectivity index (χ2n) is 2.37. The minimum Gasteiger partial charge on any atom is -0.419 e. The molecule has 0 aliphatic heterocycles. The van der Waals surface area contributed by atoms with Gasteiger partial charge in [0.05, 0.1) is 4.92 Å². The Balaban J connectivity index is 3.28. The van der Waals surface area contributed by atoms with E-state index in [1.165, 1.54) is 0 Å². The molecule has 1 aromatic heterocycles. The van der Waals surface area contributed by atoms with Crippen LogP contribution in [0.5, 0.6) is 5.75 Å². The zero-order valence-corrected chi connectivity index (χ0v) is 7.14. The van der Waals surface area contributed by atoms with Crippen molar-refractivity contribution in [3.63, 3.8) is 0 Å². The summed E-state index contributed by atoms with van der Waals surface area (Å²) in [4.78, 5) is 33.1. The Morgan fingerprint density at radius 1 is 1.64 bits per heavy atom. The van der Waals surface area contributed by atoms with Gasteiger partial charge >= 0.3 is 17.2 Å². The van der Waals surface area contributed by atoms with E-state index in [9.17, 15) is 19.7 Å². The van der Waals surface area contributed by atoms with Crippen molar-refractivity contribution in [1.82, 2.24) is 4.98 Å². The molecule has 1 heterocycles. The van der Waals surface area contributed by atoms with Crippen molar-refractivity contribution in [3.8, 4) is 5.75 Å². The fourth-order valence-electron chi connectivity index (χ4n) is 0.862. The van der Waals surface area contributed by atoms with Gasteiger partial charge in [-0.15, -0.1) is 0 Å². The van der Waals surface area contributed by atoms with E-state index in [2.05, 4.69) is 9.72 Å².